The van der Waals surface area contributed by atoms with Gasteiger partial charge in [-0.3, -0.25) is 10.1 Å². The Bertz CT molecular complexity index is 1830. The molecule has 38 heavy (non-hydrogen) atoms. The van der Waals surface area contributed by atoms with Crippen molar-refractivity contribution in [3.63, 3.8) is 0 Å². The first-order chi connectivity index (χ1) is 18.0. The molecule has 0 aliphatic rings. The molecule has 1 amide bonds. The highest BCUT2D eigenvalue weighted by atomic mass is 35.5. The molecule has 0 bridgehead atoms. The number of carbonyl (C=O) groups is 1. The molecule has 1 N–H and O–H groups in total. The van der Waals surface area contributed by atoms with Gasteiger partial charge in [0.25, 0.3) is 10.0 Å². The minimum absolute atomic E-state index is 0.0670. The van der Waals surface area contributed by atoms with Gasteiger partial charge in [0.05, 0.1) is 16.1 Å². The van der Waals surface area contributed by atoms with E-state index in [1.54, 1.807) is 30.5 Å². The summed E-state index contributed by atoms with van der Waals surface area (Å²) in [5.41, 5.74) is 2.37. The molecule has 0 saturated carbocycles. The van der Waals surface area contributed by atoms with Crippen LogP contribution in [-0.2, 0) is 14.8 Å². The summed E-state index contributed by atoms with van der Waals surface area (Å²) < 4.78 is 28.1. The minimum atomic E-state index is -3.99. The molecule has 5 rings (SSSR count). The Morgan fingerprint density at radius 2 is 1.84 bits per heavy atom. The lowest BCUT2D eigenvalue weighted by molar-refractivity contribution is -0.124. The fourth-order valence-electron chi connectivity index (χ4n) is 4.08. The summed E-state index contributed by atoms with van der Waals surface area (Å²) in [6.45, 7) is 5.70. The van der Waals surface area contributed by atoms with Crippen LogP contribution in [0.2, 0.25) is 10.0 Å². The predicted octanol–water partition coefficient (Wildman–Crippen LogP) is 7.17. The van der Waals surface area contributed by atoms with Gasteiger partial charge in [0, 0.05) is 33.6 Å². The van der Waals surface area contributed by atoms with Gasteiger partial charge < -0.3 is 0 Å². The van der Waals surface area contributed by atoms with Crippen molar-refractivity contribution < 1.29 is 13.2 Å². The van der Waals surface area contributed by atoms with Crippen molar-refractivity contribution >= 4 is 66.9 Å². The van der Waals surface area contributed by atoms with E-state index in [1.807, 2.05) is 45.0 Å². The highest BCUT2D eigenvalue weighted by molar-refractivity contribution is 7.90. The third-order valence-electron chi connectivity index (χ3n) is 6.74. The van der Waals surface area contributed by atoms with Crippen LogP contribution < -0.4 is 5.32 Å². The Kier molecular flexibility index (Phi) is 6.67. The second-order valence-electron chi connectivity index (χ2n) is 9.59. The fourth-order valence-corrected chi connectivity index (χ4v) is 6.17. The monoisotopic (exact) mass is 566 g/mol. The van der Waals surface area contributed by atoms with Gasteiger partial charge in [-0.25, -0.2) is 22.4 Å². The van der Waals surface area contributed by atoms with E-state index in [2.05, 4.69) is 15.3 Å². The zero-order valence-corrected chi connectivity index (χ0v) is 23.2. The van der Waals surface area contributed by atoms with Gasteiger partial charge >= 0.3 is 0 Å². The largest absolute Gasteiger partial charge is 0.294 e. The zero-order chi connectivity index (χ0) is 27.2. The average Bonchev–Trinajstić information content (AvgIpc) is 3.35. The van der Waals surface area contributed by atoms with E-state index in [0.29, 0.717) is 17.5 Å². The molecule has 5 aromatic rings. The third-order valence-corrected chi connectivity index (χ3v) is 9.15. The van der Waals surface area contributed by atoms with Crippen LogP contribution in [0.3, 0.4) is 0 Å². The number of fused-ring (bicyclic) bond motifs is 2. The summed E-state index contributed by atoms with van der Waals surface area (Å²) in [6.07, 6.45) is 3.87. The fraction of sp³-hybridized carbons (Fsp3) is 0.179. The molecule has 0 saturated heterocycles. The second kappa shape index (κ2) is 9.69. The molecule has 7 nitrogen and oxygen atoms in total. The van der Waals surface area contributed by atoms with Crippen molar-refractivity contribution in [1.29, 1.82) is 0 Å². The van der Waals surface area contributed by atoms with Crippen molar-refractivity contribution in [3.05, 3.63) is 83.1 Å². The maximum absolute atomic E-state index is 13.5. The maximum atomic E-state index is 13.5. The van der Waals surface area contributed by atoms with E-state index >= 15 is 0 Å². The summed E-state index contributed by atoms with van der Waals surface area (Å²) in [7, 11) is -3.99. The lowest BCUT2D eigenvalue weighted by atomic mass is 9.89. The highest BCUT2D eigenvalue weighted by Gasteiger charge is 2.26. The van der Waals surface area contributed by atoms with Crippen molar-refractivity contribution in [2.75, 3.05) is 5.32 Å². The van der Waals surface area contributed by atoms with E-state index in [-0.39, 0.29) is 26.8 Å². The normalized spacial score (nSPS) is 12.2. The summed E-state index contributed by atoms with van der Waals surface area (Å²) >= 11 is 12.3. The molecular formula is C28H24Cl2N4O3S. The predicted molar refractivity (Wildman–Crippen MR) is 152 cm³/mol. The zero-order valence-electron chi connectivity index (χ0n) is 20.9. The highest BCUT2D eigenvalue weighted by Crippen LogP contribution is 2.34. The van der Waals surface area contributed by atoms with Crippen molar-refractivity contribution in [2.45, 2.75) is 32.1 Å². The molecule has 2 aromatic heterocycles. The number of anilines is 1. The number of nitrogens with one attached hydrogen (secondary N) is 1. The first-order valence-corrected chi connectivity index (χ1v) is 14.1. The quantitative estimate of drug-likeness (QED) is 0.235. The number of benzene rings is 3. The summed E-state index contributed by atoms with van der Waals surface area (Å²) in [4.78, 5) is 21.3. The Morgan fingerprint density at radius 1 is 1.05 bits per heavy atom. The van der Waals surface area contributed by atoms with Crippen molar-refractivity contribution in [1.82, 2.24) is 13.9 Å². The molecule has 0 aliphatic carbocycles. The summed E-state index contributed by atoms with van der Waals surface area (Å²) in [5.74, 6) is 0.113. The van der Waals surface area contributed by atoms with E-state index in [4.69, 9.17) is 23.2 Å². The van der Waals surface area contributed by atoms with E-state index in [1.165, 1.54) is 22.3 Å². The van der Waals surface area contributed by atoms with Crippen LogP contribution in [0.4, 0.5) is 5.95 Å². The lowest BCUT2D eigenvalue weighted by Gasteiger charge is -2.20. The molecule has 2 heterocycles. The molecule has 10 heteroatoms. The van der Waals surface area contributed by atoms with Crippen LogP contribution in [0.25, 0.3) is 32.9 Å². The van der Waals surface area contributed by atoms with Crippen LogP contribution in [-0.4, -0.2) is 28.3 Å². The van der Waals surface area contributed by atoms with Gasteiger partial charge in [0.2, 0.25) is 11.9 Å². The molecular weight excluding hydrogens is 543 g/mol. The van der Waals surface area contributed by atoms with Gasteiger partial charge in [0.1, 0.15) is 4.90 Å². The van der Waals surface area contributed by atoms with Crippen molar-refractivity contribution in [3.8, 4) is 11.1 Å². The van der Waals surface area contributed by atoms with Gasteiger partial charge in [-0.05, 0) is 60.0 Å². The standard InChI is InChI=1S/C28H24Cl2N4O3S/c1-4-28(2,3)26(35)33-27-31-16-18-14-17(8-11-23(18)32-27)20-6-5-7-24-21(20)12-13-34(24)38(36,37)25-15-19(29)9-10-22(25)30/h5-16H,4H2,1-3H3,(H,31,32,33,35). The van der Waals surface area contributed by atoms with Crippen LogP contribution in [0.15, 0.2) is 78.0 Å². The number of hydrogen-bond acceptors (Lipinski definition) is 5. The van der Waals surface area contributed by atoms with E-state index < -0.39 is 15.4 Å². The topological polar surface area (TPSA) is 94.0 Å². The smallest absolute Gasteiger partial charge is 0.269 e. The number of hydrogen-bond donors (Lipinski definition) is 1. The maximum Gasteiger partial charge on any atom is 0.269 e. The van der Waals surface area contributed by atoms with Gasteiger partial charge in [-0.1, -0.05) is 62.2 Å². The number of amides is 1. The minimum Gasteiger partial charge on any atom is -0.294 e. The SMILES string of the molecule is CCC(C)(C)C(=O)Nc1ncc2cc(-c3cccc4c3ccn4S(=O)(=O)c3cc(Cl)ccc3Cl)ccc2n1. The molecule has 194 valence electrons. The first-order valence-electron chi connectivity index (χ1n) is 11.9. The Hall–Kier alpha value is -3.46. The number of halogens is 2. The molecule has 0 spiro atoms. The van der Waals surface area contributed by atoms with Crippen LogP contribution in [0.5, 0.6) is 0 Å². The number of aromatic nitrogens is 3. The summed E-state index contributed by atoms with van der Waals surface area (Å²) in [6, 6.07) is 17.3. The van der Waals surface area contributed by atoms with E-state index in [0.717, 1.165) is 21.9 Å². The first kappa shape index (κ1) is 26.2. The van der Waals surface area contributed by atoms with Crippen LogP contribution in [0.1, 0.15) is 27.2 Å². The average molecular weight is 567 g/mol. The summed E-state index contributed by atoms with van der Waals surface area (Å²) in [5, 5.41) is 4.70. The lowest BCUT2D eigenvalue weighted by Crippen LogP contribution is -2.30. The number of carbonyl (C=O) groups excluding carboxylic acids is 1. The number of rotatable bonds is 6. The Labute approximate surface area is 230 Å². The molecule has 0 atom stereocenters. The Morgan fingerprint density at radius 3 is 2.61 bits per heavy atom. The molecule has 3 aromatic carbocycles. The molecule has 0 aliphatic heterocycles. The van der Waals surface area contributed by atoms with Gasteiger partial charge in [0.15, 0.2) is 0 Å². The molecule has 0 unspecified atom stereocenters. The Balaban J connectivity index is 1.53. The van der Waals surface area contributed by atoms with Crippen LogP contribution in [0, 0.1) is 5.41 Å². The van der Waals surface area contributed by atoms with Crippen molar-refractivity contribution in [2.24, 2.45) is 5.41 Å². The van der Waals surface area contributed by atoms with Gasteiger partial charge in [-0.15, -0.1) is 0 Å². The van der Waals surface area contributed by atoms with Crippen LogP contribution >= 0.6 is 23.2 Å². The van der Waals surface area contributed by atoms with Gasteiger partial charge in [-0.2, -0.15) is 0 Å². The van der Waals surface area contributed by atoms with E-state index in [9.17, 15) is 13.2 Å². The molecule has 0 fully saturated rings. The number of nitrogens with zero attached hydrogens (tertiary/aromatic N) is 3. The molecule has 0 radical (unpaired) electrons. The third kappa shape index (κ3) is 4.64. The second-order valence-corrected chi connectivity index (χ2v) is 12.2.